The molecule has 0 saturated heterocycles. The predicted octanol–water partition coefficient (Wildman–Crippen LogP) is 4.15. The van der Waals surface area contributed by atoms with Gasteiger partial charge in [-0.2, -0.15) is 0 Å². The molecule has 150 valence electrons. The van der Waals surface area contributed by atoms with Gasteiger partial charge in [0, 0.05) is 17.5 Å². The lowest BCUT2D eigenvalue weighted by Gasteiger charge is -2.11. The number of amides is 2. The number of ether oxygens (including phenoxy) is 1. The second-order valence-electron chi connectivity index (χ2n) is 5.81. The van der Waals surface area contributed by atoms with Crippen LogP contribution in [-0.2, 0) is 20.7 Å². The van der Waals surface area contributed by atoms with Crippen molar-refractivity contribution in [1.29, 1.82) is 0 Å². The van der Waals surface area contributed by atoms with E-state index >= 15 is 0 Å². The first kappa shape index (κ1) is 21.7. The quantitative estimate of drug-likeness (QED) is 0.554. The van der Waals surface area contributed by atoms with Crippen molar-refractivity contribution in [2.75, 3.05) is 29.1 Å². The summed E-state index contributed by atoms with van der Waals surface area (Å²) in [6.45, 7) is 5.30. The summed E-state index contributed by atoms with van der Waals surface area (Å²) in [7, 11) is 0. The van der Waals surface area contributed by atoms with E-state index in [1.807, 2.05) is 6.92 Å². The maximum absolute atomic E-state index is 12.4. The molecule has 7 nitrogen and oxygen atoms in total. The molecule has 28 heavy (non-hydrogen) atoms. The van der Waals surface area contributed by atoms with E-state index in [1.165, 1.54) is 18.3 Å². The summed E-state index contributed by atoms with van der Waals surface area (Å²) in [5.74, 6) is -1.01. The van der Waals surface area contributed by atoms with Crippen LogP contribution >= 0.6 is 22.9 Å². The Morgan fingerprint density at radius 2 is 1.89 bits per heavy atom. The molecule has 1 aromatic heterocycles. The zero-order valence-electron chi connectivity index (χ0n) is 15.8. The normalized spacial score (nSPS) is 10.3. The molecule has 2 rings (SSSR count). The van der Waals surface area contributed by atoms with Gasteiger partial charge in [0.2, 0.25) is 11.8 Å². The first-order valence-corrected chi connectivity index (χ1v) is 9.94. The van der Waals surface area contributed by atoms with Gasteiger partial charge in [-0.25, -0.2) is 4.79 Å². The lowest BCUT2D eigenvalue weighted by Crippen LogP contribution is -2.22. The van der Waals surface area contributed by atoms with Crippen molar-refractivity contribution >= 4 is 57.1 Å². The highest BCUT2D eigenvalue weighted by Gasteiger charge is 2.18. The smallest absolute Gasteiger partial charge is 0.341 e. The Bertz CT molecular complexity index is 882. The standard InChI is InChI=1S/C19H22ClN3O4S/c1-4-13-9-14(19(26)27-5-2)18(28-13)23-17(25)10-21-16-8-12(22-11(3)24)6-7-15(16)20/h6-9,21H,4-5,10H2,1-3H3,(H,22,24)(H,23,25). The molecule has 0 aliphatic carbocycles. The number of nitrogens with one attached hydrogen (secondary N) is 3. The molecule has 0 atom stereocenters. The van der Waals surface area contributed by atoms with Crippen LogP contribution in [0, 0.1) is 0 Å². The number of thiophene rings is 1. The summed E-state index contributed by atoms with van der Waals surface area (Å²) in [4.78, 5) is 36.6. The molecule has 9 heteroatoms. The zero-order chi connectivity index (χ0) is 20.7. The van der Waals surface area contributed by atoms with E-state index in [-0.39, 0.29) is 25.0 Å². The highest BCUT2D eigenvalue weighted by molar-refractivity contribution is 7.16. The number of halogens is 1. The molecule has 1 aromatic carbocycles. The fraction of sp³-hybridized carbons (Fsp3) is 0.316. The Balaban J connectivity index is 2.06. The van der Waals surface area contributed by atoms with Crippen LogP contribution in [0.1, 0.15) is 36.0 Å². The lowest BCUT2D eigenvalue weighted by atomic mass is 10.2. The van der Waals surface area contributed by atoms with Gasteiger partial charge in [0.25, 0.3) is 0 Å². The molecule has 2 aromatic rings. The van der Waals surface area contributed by atoms with E-state index in [2.05, 4.69) is 16.0 Å². The maximum Gasteiger partial charge on any atom is 0.341 e. The van der Waals surface area contributed by atoms with Crippen molar-refractivity contribution < 1.29 is 19.1 Å². The molecule has 0 radical (unpaired) electrons. The Morgan fingerprint density at radius 3 is 2.54 bits per heavy atom. The summed E-state index contributed by atoms with van der Waals surface area (Å²) >= 11 is 7.48. The first-order valence-electron chi connectivity index (χ1n) is 8.74. The van der Waals surface area contributed by atoms with E-state index in [0.29, 0.717) is 27.0 Å². The number of carbonyl (C=O) groups excluding carboxylic acids is 3. The third-order valence-electron chi connectivity index (χ3n) is 3.61. The molecule has 0 fully saturated rings. The summed E-state index contributed by atoms with van der Waals surface area (Å²) in [5.41, 5.74) is 1.42. The van der Waals surface area contributed by atoms with Gasteiger partial charge in [0.05, 0.1) is 29.4 Å². The monoisotopic (exact) mass is 423 g/mol. The van der Waals surface area contributed by atoms with Gasteiger partial charge in [-0.3, -0.25) is 9.59 Å². The van der Waals surface area contributed by atoms with E-state index in [1.54, 1.807) is 31.2 Å². The molecule has 0 aliphatic heterocycles. The number of anilines is 3. The summed E-state index contributed by atoms with van der Waals surface area (Å²) in [6, 6.07) is 6.66. The third kappa shape index (κ3) is 5.97. The number of hydrogen-bond donors (Lipinski definition) is 3. The van der Waals surface area contributed by atoms with Gasteiger partial charge in [-0.1, -0.05) is 18.5 Å². The molecule has 0 aliphatic rings. The summed E-state index contributed by atoms with van der Waals surface area (Å²) in [6.07, 6.45) is 0.747. The zero-order valence-corrected chi connectivity index (χ0v) is 17.4. The number of hydrogen-bond acceptors (Lipinski definition) is 6. The van der Waals surface area contributed by atoms with E-state index in [4.69, 9.17) is 16.3 Å². The highest BCUT2D eigenvalue weighted by Crippen LogP contribution is 2.29. The van der Waals surface area contributed by atoms with E-state index in [0.717, 1.165) is 11.3 Å². The minimum absolute atomic E-state index is 0.0646. The average molecular weight is 424 g/mol. The molecule has 0 unspecified atom stereocenters. The number of rotatable bonds is 8. The van der Waals surface area contributed by atoms with Gasteiger partial charge in [0.1, 0.15) is 5.00 Å². The van der Waals surface area contributed by atoms with Crippen molar-refractivity contribution in [3.8, 4) is 0 Å². The topological polar surface area (TPSA) is 96.5 Å². The number of benzene rings is 1. The van der Waals surface area contributed by atoms with Crippen molar-refractivity contribution in [3.05, 3.63) is 39.7 Å². The van der Waals surface area contributed by atoms with Gasteiger partial charge in [0.15, 0.2) is 0 Å². The van der Waals surface area contributed by atoms with Crippen LogP contribution in [0.3, 0.4) is 0 Å². The molecule has 0 bridgehead atoms. The van der Waals surface area contributed by atoms with Crippen LogP contribution in [0.15, 0.2) is 24.3 Å². The van der Waals surface area contributed by atoms with Crippen molar-refractivity contribution in [3.63, 3.8) is 0 Å². The van der Waals surface area contributed by atoms with Crippen LogP contribution in [0.5, 0.6) is 0 Å². The van der Waals surface area contributed by atoms with E-state index < -0.39 is 5.97 Å². The highest BCUT2D eigenvalue weighted by atomic mass is 35.5. The maximum atomic E-state index is 12.4. The predicted molar refractivity (Wildman–Crippen MR) is 113 cm³/mol. The van der Waals surface area contributed by atoms with Gasteiger partial charge >= 0.3 is 5.97 Å². The van der Waals surface area contributed by atoms with Crippen LogP contribution in [0.2, 0.25) is 5.02 Å². The molecular weight excluding hydrogens is 402 g/mol. The van der Waals surface area contributed by atoms with E-state index in [9.17, 15) is 14.4 Å². The molecule has 1 heterocycles. The Kier molecular flexibility index (Phi) is 7.83. The second-order valence-corrected chi connectivity index (χ2v) is 7.35. The minimum Gasteiger partial charge on any atom is -0.462 e. The molecule has 0 spiro atoms. The number of carbonyl (C=O) groups is 3. The number of esters is 1. The van der Waals surface area contributed by atoms with Gasteiger partial charge < -0.3 is 20.7 Å². The van der Waals surface area contributed by atoms with Crippen molar-refractivity contribution in [1.82, 2.24) is 0 Å². The van der Waals surface area contributed by atoms with Gasteiger partial charge in [-0.05, 0) is 37.6 Å². The average Bonchev–Trinajstić information content (AvgIpc) is 3.05. The van der Waals surface area contributed by atoms with Crippen LogP contribution in [-0.4, -0.2) is 30.9 Å². The second kappa shape index (κ2) is 10.1. The summed E-state index contributed by atoms with van der Waals surface area (Å²) < 4.78 is 5.05. The Hall–Kier alpha value is -2.58. The van der Waals surface area contributed by atoms with Crippen molar-refractivity contribution in [2.24, 2.45) is 0 Å². The van der Waals surface area contributed by atoms with Crippen LogP contribution < -0.4 is 16.0 Å². The Labute approximate surface area is 172 Å². The first-order chi connectivity index (χ1) is 13.3. The molecule has 0 saturated carbocycles. The number of aryl methyl sites for hydroxylation is 1. The SMILES string of the molecule is CCOC(=O)c1cc(CC)sc1NC(=O)CNc1cc(NC(C)=O)ccc1Cl. The van der Waals surface area contributed by atoms with Crippen molar-refractivity contribution in [2.45, 2.75) is 27.2 Å². The minimum atomic E-state index is -0.465. The Morgan fingerprint density at radius 1 is 1.14 bits per heavy atom. The fourth-order valence-electron chi connectivity index (χ4n) is 2.36. The van der Waals surface area contributed by atoms with Crippen LogP contribution in [0.25, 0.3) is 0 Å². The molecule has 3 N–H and O–H groups in total. The summed E-state index contributed by atoms with van der Waals surface area (Å²) in [5, 5.41) is 9.21. The fourth-order valence-corrected chi connectivity index (χ4v) is 3.54. The molecular formula is C19H22ClN3O4S. The van der Waals surface area contributed by atoms with Gasteiger partial charge in [-0.15, -0.1) is 11.3 Å². The lowest BCUT2D eigenvalue weighted by molar-refractivity contribution is -0.115. The molecule has 2 amide bonds. The third-order valence-corrected chi connectivity index (χ3v) is 5.13. The largest absolute Gasteiger partial charge is 0.462 e. The van der Waals surface area contributed by atoms with Crippen LogP contribution in [0.4, 0.5) is 16.4 Å².